The van der Waals surface area contributed by atoms with Gasteiger partial charge >= 0.3 is 0 Å². The smallest absolute Gasteiger partial charge is 0.269 e. The van der Waals surface area contributed by atoms with Gasteiger partial charge in [-0.2, -0.15) is 5.26 Å². The van der Waals surface area contributed by atoms with E-state index in [4.69, 9.17) is 16.3 Å². The maximum absolute atomic E-state index is 13.1. The van der Waals surface area contributed by atoms with Crippen molar-refractivity contribution < 1.29 is 13.9 Å². The molecule has 6 nitrogen and oxygen atoms in total. The van der Waals surface area contributed by atoms with E-state index in [1.807, 2.05) is 6.07 Å². The Morgan fingerprint density at radius 3 is 2.76 bits per heavy atom. The number of pyridine rings is 1. The molecule has 0 aliphatic rings. The number of nitrogens with one attached hydrogen (secondary N) is 1. The van der Waals surface area contributed by atoms with Gasteiger partial charge in [0, 0.05) is 24.1 Å². The molecule has 0 radical (unpaired) electrons. The van der Waals surface area contributed by atoms with E-state index in [2.05, 4.69) is 5.32 Å². The number of nitriles is 1. The number of nitrogens with zero attached hydrogens (tertiary/aromatic N) is 2. The number of rotatable bonds is 5. The fraction of sp³-hybridized carbons (Fsp3) is 0.235. The van der Waals surface area contributed by atoms with Gasteiger partial charge in [0.25, 0.3) is 5.56 Å². The lowest BCUT2D eigenvalue weighted by molar-refractivity contribution is -0.116. The molecule has 0 bridgehead atoms. The third-order valence-corrected chi connectivity index (χ3v) is 3.80. The molecule has 2 aromatic rings. The van der Waals surface area contributed by atoms with Crippen LogP contribution < -0.4 is 10.9 Å². The van der Waals surface area contributed by atoms with Gasteiger partial charge in [-0.1, -0.05) is 11.6 Å². The van der Waals surface area contributed by atoms with E-state index in [0.717, 1.165) is 6.07 Å². The van der Waals surface area contributed by atoms with Crippen molar-refractivity contribution in [2.45, 2.75) is 20.1 Å². The number of carbonyl (C=O) groups excluding carboxylic acids is 1. The van der Waals surface area contributed by atoms with Gasteiger partial charge < -0.3 is 14.6 Å². The van der Waals surface area contributed by atoms with E-state index < -0.39 is 17.3 Å². The molecule has 0 spiro atoms. The topological polar surface area (TPSA) is 84.1 Å². The number of aromatic nitrogens is 1. The standard InChI is InChI=1S/C17H15ClFN3O3/c1-10-5-11(9-25-2)13(7-20)17(24)22(10)8-16(23)21-12-3-4-15(19)14(18)6-12/h3-6H,8-9H2,1-2H3,(H,21,23). The molecule has 0 saturated carbocycles. The molecule has 0 fully saturated rings. The van der Waals surface area contributed by atoms with Gasteiger partial charge in [0.05, 0.1) is 11.6 Å². The second kappa shape index (κ2) is 7.92. The van der Waals surface area contributed by atoms with Crippen molar-refractivity contribution in [3.8, 4) is 6.07 Å². The predicted molar refractivity (Wildman–Crippen MR) is 90.9 cm³/mol. The lowest BCUT2D eigenvalue weighted by Crippen LogP contribution is -2.31. The van der Waals surface area contributed by atoms with Crippen LogP contribution in [0.4, 0.5) is 10.1 Å². The molecule has 25 heavy (non-hydrogen) atoms. The minimum Gasteiger partial charge on any atom is -0.380 e. The van der Waals surface area contributed by atoms with Crippen LogP contribution in [0.5, 0.6) is 0 Å². The van der Waals surface area contributed by atoms with Crippen LogP contribution in [0.25, 0.3) is 0 Å². The average molecular weight is 364 g/mol. The molecule has 130 valence electrons. The van der Waals surface area contributed by atoms with Crippen LogP contribution in [0.2, 0.25) is 5.02 Å². The van der Waals surface area contributed by atoms with Crippen LogP contribution >= 0.6 is 11.6 Å². The minimum absolute atomic E-state index is 0.0647. The van der Waals surface area contributed by atoms with E-state index in [1.54, 1.807) is 13.0 Å². The lowest BCUT2D eigenvalue weighted by atomic mass is 10.1. The minimum atomic E-state index is -0.598. The number of methoxy groups -OCH3 is 1. The van der Waals surface area contributed by atoms with Gasteiger partial charge in [-0.25, -0.2) is 4.39 Å². The number of hydrogen-bond donors (Lipinski definition) is 1. The van der Waals surface area contributed by atoms with Crippen molar-refractivity contribution in [3.63, 3.8) is 0 Å². The summed E-state index contributed by atoms with van der Waals surface area (Å²) in [5.41, 5.74) is 0.656. The number of halogens is 2. The van der Waals surface area contributed by atoms with Gasteiger partial charge in [0.1, 0.15) is 24.0 Å². The average Bonchev–Trinajstić information content (AvgIpc) is 2.55. The van der Waals surface area contributed by atoms with Crippen LogP contribution in [0.15, 0.2) is 29.1 Å². The molecule has 0 saturated heterocycles. The van der Waals surface area contributed by atoms with Gasteiger partial charge in [0.2, 0.25) is 5.91 Å². The molecule has 1 amide bonds. The lowest BCUT2D eigenvalue weighted by Gasteiger charge is -2.13. The fourth-order valence-corrected chi connectivity index (χ4v) is 2.52. The fourth-order valence-electron chi connectivity index (χ4n) is 2.34. The largest absolute Gasteiger partial charge is 0.380 e. The summed E-state index contributed by atoms with van der Waals surface area (Å²) in [5, 5.41) is 11.6. The third kappa shape index (κ3) is 4.24. The van der Waals surface area contributed by atoms with E-state index in [9.17, 15) is 19.2 Å². The van der Waals surface area contributed by atoms with Crippen molar-refractivity contribution in [1.29, 1.82) is 5.26 Å². The molecule has 1 heterocycles. The Hall–Kier alpha value is -2.69. The van der Waals surface area contributed by atoms with Gasteiger partial charge in [-0.3, -0.25) is 9.59 Å². The summed E-state index contributed by atoms with van der Waals surface area (Å²) in [6, 6.07) is 7.24. The molecule has 0 aliphatic heterocycles. The first-order valence-corrected chi connectivity index (χ1v) is 7.62. The van der Waals surface area contributed by atoms with Crippen LogP contribution in [0, 0.1) is 24.1 Å². The number of hydrogen-bond acceptors (Lipinski definition) is 4. The van der Waals surface area contributed by atoms with E-state index in [1.165, 1.54) is 23.8 Å². The summed E-state index contributed by atoms with van der Waals surface area (Å²) in [5.74, 6) is -1.10. The molecular formula is C17H15ClFN3O3. The maximum atomic E-state index is 13.1. The third-order valence-electron chi connectivity index (χ3n) is 3.51. The Kier molecular flexibility index (Phi) is 5.91. The summed E-state index contributed by atoms with van der Waals surface area (Å²) in [7, 11) is 1.46. The molecular weight excluding hydrogens is 349 g/mol. The Balaban J connectivity index is 2.27. The van der Waals surface area contributed by atoms with Crippen molar-refractivity contribution in [3.05, 3.63) is 62.3 Å². The molecule has 0 aliphatic carbocycles. The summed E-state index contributed by atoms with van der Waals surface area (Å²) in [6.45, 7) is 1.49. The van der Waals surface area contributed by atoms with Gasteiger partial charge in [0.15, 0.2) is 0 Å². The number of amides is 1. The first-order chi connectivity index (χ1) is 11.9. The molecule has 0 atom stereocenters. The van der Waals surface area contributed by atoms with E-state index in [-0.39, 0.29) is 23.7 Å². The van der Waals surface area contributed by atoms with Crippen molar-refractivity contribution in [2.75, 3.05) is 12.4 Å². The number of aryl methyl sites for hydroxylation is 1. The van der Waals surface area contributed by atoms with Crippen LogP contribution in [-0.2, 0) is 22.7 Å². The molecule has 1 N–H and O–H groups in total. The molecule has 2 rings (SSSR count). The Morgan fingerprint density at radius 2 is 2.16 bits per heavy atom. The van der Waals surface area contributed by atoms with Crippen LogP contribution in [0.3, 0.4) is 0 Å². The van der Waals surface area contributed by atoms with Crippen molar-refractivity contribution in [1.82, 2.24) is 4.57 Å². The molecule has 0 unspecified atom stereocenters. The summed E-state index contributed by atoms with van der Waals surface area (Å²) >= 11 is 5.67. The number of anilines is 1. The van der Waals surface area contributed by atoms with Gasteiger partial charge in [-0.15, -0.1) is 0 Å². The molecule has 1 aromatic carbocycles. The quantitative estimate of drug-likeness (QED) is 0.885. The summed E-state index contributed by atoms with van der Waals surface area (Å²) in [6.07, 6.45) is 0. The highest BCUT2D eigenvalue weighted by atomic mass is 35.5. The molecule has 1 aromatic heterocycles. The highest BCUT2D eigenvalue weighted by molar-refractivity contribution is 6.31. The SMILES string of the molecule is COCc1cc(C)n(CC(=O)Nc2ccc(F)c(Cl)c2)c(=O)c1C#N. The highest BCUT2D eigenvalue weighted by Crippen LogP contribution is 2.19. The van der Waals surface area contributed by atoms with Crippen LogP contribution in [-0.4, -0.2) is 17.6 Å². The van der Waals surface area contributed by atoms with Gasteiger partial charge in [-0.05, 0) is 31.2 Å². The Morgan fingerprint density at radius 1 is 1.44 bits per heavy atom. The van der Waals surface area contributed by atoms with E-state index >= 15 is 0 Å². The van der Waals surface area contributed by atoms with Crippen molar-refractivity contribution >= 4 is 23.2 Å². The Bertz CT molecular complexity index is 919. The highest BCUT2D eigenvalue weighted by Gasteiger charge is 2.15. The zero-order valence-electron chi connectivity index (χ0n) is 13.6. The van der Waals surface area contributed by atoms with E-state index in [0.29, 0.717) is 16.9 Å². The van der Waals surface area contributed by atoms with Crippen molar-refractivity contribution in [2.24, 2.45) is 0 Å². The predicted octanol–water partition coefficient (Wildman–Crippen LogP) is 2.61. The summed E-state index contributed by atoms with van der Waals surface area (Å²) in [4.78, 5) is 24.6. The second-order valence-electron chi connectivity index (χ2n) is 5.30. The monoisotopic (exact) mass is 363 g/mol. The Labute approximate surface area is 148 Å². The second-order valence-corrected chi connectivity index (χ2v) is 5.71. The number of ether oxygens (including phenoxy) is 1. The number of carbonyl (C=O) groups is 1. The maximum Gasteiger partial charge on any atom is 0.269 e. The zero-order chi connectivity index (χ0) is 18.6. The first kappa shape index (κ1) is 18.6. The number of benzene rings is 1. The zero-order valence-corrected chi connectivity index (χ0v) is 14.4. The molecule has 8 heteroatoms. The first-order valence-electron chi connectivity index (χ1n) is 7.24. The van der Waals surface area contributed by atoms with Crippen LogP contribution in [0.1, 0.15) is 16.8 Å². The normalized spacial score (nSPS) is 10.4. The summed E-state index contributed by atoms with van der Waals surface area (Å²) < 4.78 is 19.3.